The summed E-state index contributed by atoms with van der Waals surface area (Å²) >= 11 is 3.65. The normalized spacial score (nSPS) is 18.4. The van der Waals surface area contributed by atoms with Crippen molar-refractivity contribution in [3.05, 3.63) is 119 Å². The number of ether oxygens (including phenoxy) is 3. The van der Waals surface area contributed by atoms with E-state index >= 15 is 0 Å². The highest BCUT2D eigenvalue weighted by Crippen LogP contribution is 2.61. The zero-order chi connectivity index (χ0) is 36.2. The van der Waals surface area contributed by atoms with Crippen LogP contribution in [0.1, 0.15) is 54.5 Å². The third-order valence-electron chi connectivity index (χ3n) is 12.3. The van der Waals surface area contributed by atoms with E-state index in [0.717, 1.165) is 82.3 Å². The van der Waals surface area contributed by atoms with Crippen LogP contribution in [-0.4, -0.2) is 65.1 Å². The van der Waals surface area contributed by atoms with E-state index in [4.69, 9.17) is 14.2 Å². The zero-order valence-corrected chi connectivity index (χ0v) is 32.9. The summed E-state index contributed by atoms with van der Waals surface area (Å²) in [7, 11) is 0. The minimum absolute atomic E-state index is 0.102. The van der Waals surface area contributed by atoms with Gasteiger partial charge in [-0.1, -0.05) is 68.5 Å². The lowest BCUT2D eigenvalue weighted by Crippen LogP contribution is -2.37. The molecular weight excluding hydrogens is 693 g/mol. The molecular formula is C46H48N2O3S2. The van der Waals surface area contributed by atoms with Crippen LogP contribution in [-0.2, 0) is 20.5 Å². The van der Waals surface area contributed by atoms with E-state index in [2.05, 4.69) is 133 Å². The Hall–Kier alpha value is -3.88. The van der Waals surface area contributed by atoms with E-state index in [0.29, 0.717) is 0 Å². The van der Waals surface area contributed by atoms with Crippen LogP contribution in [0.25, 0.3) is 28.0 Å². The van der Waals surface area contributed by atoms with Gasteiger partial charge < -0.3 is 24.0 Å². The average molecular weight is 741 g/mol. The molecule has 0 amide bonds. The lowest BCUT2D eigenvalue weighted by molar-refractivity contribution is 0.122. The second kappa shape index (κ2) is 14.1. The Morgan fingerprint density at radius 1 is 0.660 bits per heavy atom. The van der Waals surface area contributed by atoms with Crippen LogP contribution in [0.4, 0.5) is 11.4 Å². The Kier molecular flexibility index (Phi) is 9.26. The van der Waals surface area contributed by atoms with Crippen LogP contribution >= 0.6 is 23.5 Å². The summed E-state index contributed by atoms with van der Waals surface area (Å²) in [5.41, 5.74) is 10.6. The van der Waals surface area contributed by atoms with Crippen LogP contribution in [0.3, 0.4) is 0 Å². The molecule has 5 aromatic carbocycles. The second-order valence-corrected chi connectivity index (χ2v) is 16.2. The molecule has 2 saturated heterocycles. The fourth-order valence-corrected chi connectivity index (χ4v) is 10.9. The van der Waals surface area contributed by atoms with E-state index in [1.807, 2.05) is 23.5 Å². The number of rotatable bonds is 8. The minimum Gasteiger partial charge on any atom is -0.472 e. The number of nitrogens with zero attached hydrogens (tertiary/aromatic N) is 2. The number of morpholine rings is 2. The molecule has 0 N–H and O–H groups in total. The second-order valence-electron chi connectivity index (χ2n) is 14.5. The number of thioether (sulfide) groups is 2. The van der Waals surface area contributed by atoms with Crippen molar-refractivity contribution in [2.24, 2.45) is 0 Å². The van der Waals surface area contributed by atoms with Crippen molar-refractivity contribution in [3.63, 3.8) is 0 Å². The van der Waals surface area contributed by atoms with E-state index in [1.165, 1.54) is 59.8 Å². The molecule has 0 bridgehead atoms. The number of anilines is 2. The van der Waals surface area contributed by atoms with Crippen molar-refractivity contribution in [2.45, 2.75) is 47.5 Å². The van der Waals surface area contributed by atoms with Crippen LogP contribution in [0.15, 0.2) is 101 Å². The van der Waals surface area contributed by atoms with Crippen LogP contribution in [0.2, 0.25) is 0 Å². The van der Waals surface area contributed by atoms with Gasteiger partial charge in [0.2, 0.25) is 0 Å². The van der Waals surface area contributed by atoms with Gasteiger partial charge >= 0.3 is 0 Å². The molecule has 4 aliphatic rings. The summed E-state index contributed by atoms with van der Waals surface area (Å²) < 4.78 is 19.1. The highest BCUT2D eigenvalue weighted by Gasteiger charge is 2.47. The van der Waals surface area contributed by atoms with Gasteiger partial charge in [-0.3, -0.25) is 0 Å². The van der Waals surface area contributed by atoms with E-state index < -0.39 is 5.60 Å². The zero-order valence-electron chi connectivity index (χ0n) is 31.2. The quantitative estimate of drug-likeness (QED) is 0.147. The van der Waals surface area contributed by atoms with Crippen LogP contribution < -0.4 is 14.5 Å². The van der Waals surface area contributed by atoms with Crippen LogP contribution in [0, 0.1) is 0 Å². The topological polar surface area (TPSA) is 34.2 Å². The van der Waals surface area contributed by atoms with Gasteiger partial charge in [0.1, 0.15) is 5.75 Å². The molecule has 53 heavy (non-hydrogen) atoms. The smallest absolute Gasteiger partial charge is 0.178 e. The maximum Gasteiger partial charge on any atom is 0.178 e. The molecule has 0 saturated carbocycles. The standard InChI is InChI=1S/C46H48N2O3S2/c1-5-45(6-2)39-10-8-7-9-35(39)42-37-29-40(52-3)41(53-4)30-38(37)44-36(43(42)45)19-20-46(51-44,31-11-15-33(16-12-31)47-21-25-49-26-22-47)32-13-17-34(18-14-32)48-23-27-50-28-24-48/h7-20,29-30H,5-6,21-28H2,1-4H3. The Balaban J connectivity index is 1.28. The van der Waals surface area contributed by atoms with Gasteiger partial charge in [-0.25, -0.2) is 0 Å². The van der Waals surface area contributed by atoms with Gasteiger partial charge in [0.15, 0.2) is 5.60 Å². The molecule has 272 valence electrons. The summed E-state index contributed by atoms with van der Waals surface area (Å²) in [5.74, 6) is 0.984. The third kappa shape index (κ3) is 5.52. The molecule has 0 aromatic heterocycles. The van der Waals surface area contributed by atoms with E-state index in [-0.39, 0.29) is 5.41 Å². The Morgan fingerprint density at radius 2 is 1.19 bits per heavy atom. The summed E-state index contributed by atoms with van der Waals surface area (Å²) in [5, 5.41) is 2.47. The van der Waals surface area contributed by atoms with Gasteiger partial charge in [-0.05, 0) is 95.5 Å². The number of benzene rings is 5. The number of fused-ring (bicyclic) bond motifs is 8. The number of hydrogen-bond acceptors (Lipinski definition) is 7. The summed E-state index contributed by atoms with van der Waals surface area (Å²) in [6.45, 7) is 11.4. The maximum absolute atomic E-state index is 7.79. The van der Waals surface area contributed by atoms with Gasteiger partial charge in [-0.2, -0.15) is 0 Å². The maximum atomic E-state index is 7.79. The molecule has 1 aliphatic carbocycles. The first-order chi connectivity index (χ1) is 26.0. The van der Waals surface area contributed by atoms with Gasteiger partial charge in [0.05, 0.1) is 26.4 Å². The molecule has 0 unspecified atom stereocenters. The Labute approximate surface area is 322 Å². The molecule has 3 heterocycles. The average Bonchev–Trinajstić information content (AvgIpc) is 3.54. The molecule has 0 radical (unpaired) electrons. The molecule has 7 heteroatoms. The SMILES string of the molecule is CCC1(CC)c2ccccc2-c2c1c1c(c3cc(SC)c(SC)cc23)OC(c2ccc(N3CCOCC3)cc2)(c2ccc(N3CCOCC3)cc2)C=C1. The Morgan fingerprint density at radius 3 is 1.72 bits per heavy atom. The predicted octanol–water partition coefficient (Wildman–Crippen LogP) is 10.4. The number of hydrogen-bond donors (Lipinski definition) is 0. The van der Waals surface area contributed by atoms with Crippen LogP contribution in [0.5, 0.6) is 5.75 Å². The van der Waals surface area contributed by atoms with E-state index in [9.17, 15) is 0 Å². The molecule has 5 aromatic rings. The minimum atomic E-state index is -0.828. The summed E-state index contributed by atoms with van der Waals surface area (Å²) in [4.78, 5) is 7.43. The largest absolute Gasteiger partial charge is 0.472 e. The van der Waals surface area contributed by atoms with Crippen molar-refractivity contribution in [2.75, 3.05) is 74.9 Å². The summed E-state index contributed by atoms with van der Waals surface area (Å²) in [6.07, 6.45) is 11.2. The van der Waals surface area contributed by atoms with Gasteiger partial charge in [0.25, 0.3) is 0 Å². The fraction of sp³-hybridized carbons (Fsp3) is 0.348. The molecule has 0 atom stereocenters. The first kappa shape index (κ1) is 34.9. The third-order valence-corrected chi connectivity index (χ3v) is 14.0. The van der Waals surface area contributed by atoms with Crippen molar-refractivity contribution < 1.29 is 14.2 Å². The summed E-state index contributed by atoms with van der Waals surface area (Å²) in [6, 6.07) is 32.2. The Bertz CT molecular complexity index is 2120. The van der Waals surface area contributed by atoms with E-state index in [1.54, 1.807) is 0 Å². The predicted molar refractivity (Wildman–Crippen MR) is 224 cm³/mol. The van der Waals surface area contributed by atoms with Crippen molar-refractivity contribution in [1.29, 1.82) is 0 Å². The molecule has 2 fully saturated rings. The highest BCUT2D eigenvalue weighted by molar-refractivity contribution is 8.01. The molecule has 9 rings (SSSR count). The first-order valence-electron chi connectivity index (χ1n) is 19.2. The first-order valence-corrected chi connectivity index (χ1v) is 21.6. The van der Waals surface area contributed by atoms with Gasteiger partial charge in [0, 0.05) is 74.8 Å². The monoisotopic (exact) mass is 740 g/mol. The lowest BCUT2D eigenvalue weighted by Gasteiger charge is -2.40. The molecule has 3 aliphatic heterocycles. The van der Waals surface area contributed by atoms with Gasteiger partial charge in [-0.15, -0.1) is 23.5 Å². The fourth-order valence-electron chi connectivity index (χ4n) is 9.44. The van der Waals surface area contributed by atoms with Crippen molar-refractivity contribution in [3.8, 4) is 16.9 Å². The van der Waals surface area contributed by atoms with Crippen molar-refractivity contribution >= 4 is 51.7 Å². The lowest BCUT2D eigenvalue weighted by atomic mass is 9.71. The van der Waals surface area contributed by atoms with Crippen molar-refractivity contribution in [1.82, 2.24) is 0 Å². The highest BCUT2D eigenvalue weighted by atomic mass is 32.2. The molecule has 0 spiro atoms. The molecule has 5 nitrogen and oxygen atoms in total.